The molecule has 0 radical (unpaired) electrons. The van der Waals surface area contributed by atoms with Crippen molar-refractivity contribution in [2.24, 2.45) is 0 Å². The number of benzene rings is 1. The second-order valence-electron chi connectivity index (χ2n) is 4.21. The zero-order valence-electron chi connectivity index (χ0n) is 11.5. The number of phenols is 1. The number of carbonyl (C=O) groups excluding carboxylic acids is 1. The van der Waals surface area contributed by atoms with Crippen LogP contribution in [0.4, 0.5) is 0 Å². The normalized spacial score (nSPS) is 16.6. The Bertz CT molecular complexity index is 625. The predicted octanol–water partition coefficient (Wildman–Crippen LogP) is 3.18. The van der Waals surface area contributed by atoms with E-state index in [2.05, 4.69) is 6.58 Å². The van der Waals surface area contributed by atoms with Crippen LogP contribution in [-0.4, -0.2) is 33.4 Å². The van der Waals surface area contributed by atoms with Crippen molar-refractivity contribution < 1.29 is 14.6 Å². The van der Waals surface area contributed by atoms with Crippen LogP contribution >= 0.6 is 24.0 Å². The van der Waals surface area contributed by atoms with E-state index in [-0.39, 0.29) is 11.7 Å². The fourth-order valence-corrected chi connectivity index (χ4v) is 3.12. The van der Waals surface area contributed by atoms with E-state index in [1.54, 1.807) is 30.4 Å². The Hall–Kier alpha value is -1.79. The second kappa shape index (κ2) is 6.78. The SMILES string of the molecule is C=CCN1C(=O)C(=Cc2cccc(OCC)c2O)SC1=S. The van der Waals surface area contributed by atoms with Crippen LogP contribution in [0.1, 0.15) is 12.5 Å². The van der Waals surface area contributed by atoms with E-state index in [0.29, 0.717) is 33.7 Å². The van der Waals surface area contributed by atoms with Crippen molar-refractivity contribution in [2.75, 3.05) is 13.2 Å². The third kappa shape index (κ3) is 3.28. The van der Waals surface area contributed by atoms with E-state index in [4.69, 9.17) is 17.0 Å². The zero-order valence-corrected chi connectivity index (χ0v) is 13.2. The number of rotatable bonds is 5. The molecule has 0 aliphatic carbocycles. The fraction of sp³-hybridized carbons (Fsp3) is 0.200. The number of ether oxygens (including phenoxy) is 1. The molecule has 1 N–H and O–H groups in total. The predicted molar refractivity (Wildman–Crippen MR) is 89.4 cm³/mol. The van der Waals surface area contributed by atoms with Crippen molar-refractivity contribution in [3.63, 3.8) is 0 Å². The van der Waals surface area contributed by atoms with E-state index >= 15 is 0 Å². The molecule has 0 saturated carbocycles. The summed E-state index contributed by atoms with van der Waals surface area (Å²) in [7, 11) is 0. The van der Waals surface area contributed by atoms with Gasteiger partial charge in [-0.2, -0.15) is 0 Å². The zero-order chi connectivity index (χ0) is 15.4. The van der Waals surface area contributed by atoms with Crippen LogP contribution < -0.4 is 4.74 Å². The Morgan fingerprint density at radius 2 is 2.29 bits per heavy atom. The van der Waals surface area contributed by atoms with Gasteiger partial charge in [0.2, 0.25) is 0 Å². The number of hydrogen-bond donors (Lipinski definition) is 1. The van der Waals surface area contributed by atoms with Gasteiger partial charge in [-0.1, -0.05) is 42.2 Å². The summed E-state index contributed by atoms with van der Waals surface area (Å²) in [6.45, 7) is 6.29. The quantitative estimate of drug-likeness (QED) is 0.513. The molecule has 21 heavy (non-hydrogen) atoms. The summed E-state index contributed by atoms with van der Waals surface area (Å²) in [5.41, 5.74) is 0.528. The number of para-hydroxylation sites is 1. The highest BCUT2D eigenvalue weighted by Gasteiger charge is 2.31. The standard InChI is InChI=1S/C15H15NO3S2/c1-3-8-16-14(18)12(21-15(16)20)9-10-6-5-7-11(13(10)17)19-4-2/h3,5-7,9,17H,1,4,8H2,2H3. The van der Waals surface area contributed by atoms with E-state index in [1.165, 1.54) is 16.7 Å². The maximum Gasteiger partial charge on any atom is 0.266 e. The highest BCUT2D eigenvalue weighted by atomic mass is 32.2. The van der Waals surface area contributed by atoms with Crippen LogP contribution in [0.3, 0.4) is 0 Å². The maximum absolute atomic E-state index is 12.2. The van der Waals surface area contributed by atoms with Gasteiger partial charge in [-0.25, -0.2) is 0 Å². The van der Waals surface area contributed by atoms with Crippen molar-refractivity contribution in [3.8, 4) is 11.5 Å². The molecule has 1 aromatic carbocycles. The molecule has 1 amide bonds. The number of phenolic OH excluding ortho intramolecular Hbond substituents is 1. The molecule has 0 atom stereocenters. The lowest BCUT2D eigenvalue weighted by Gasteiger charge is -2.10. The molecule has 110 valence electrons. The number of nitrogens with zero attached hydrogens (tertiary/aromatic N) is 1. The van der Waals surface area contributed by atoms with E-state index in [1.807, 2.05) is 6.92 Å². The van der Waals surface area contributed by atoms with Gasteiger partial charge in [0.1, 0.15) is 4.32 Å². The number of amides is 1. The molecule has 1 fully saturated rings. The van der Waals surface area contributed by atoms with E-state index in [0.717, 1.165) is 0 Å². The summed E-state index contributed by atoms with van der Waals surface area (Å²) in [4.78, 5) is 14.2. The monoisotopic (exact) mass is 321 g/mol. The third-order valence-electron chi connectivity index (χ3n) is 2.80. The molecule has 4 nitrogen and oxygen atoms in total. The molecular formula is C15H15NO3S2. The molecule has 1 aromatic rings. The molecule has 6 heteroatoms. The summed E-state index contributed by atoms with van der Waals surface area (Å²) in [6, 6.07) is 5.16. The Labute approximate surface area is 133 Å². The molecule has 1 aliphatic heterocycles. The third-order valence-corrected chi connectivity index (χ3v) is 4.18. The summed E-state index contributed by atoms with van der Waals surface area (Å²) in [5, 5.41) is 10.1. The van der Waals surface area contributed by atoms with Gasteiger partial charge in [0.25, 0.3) is 5.91 Å². The molecule has 0 aromatic heterocycles. The second-order valence-corrected chi connectivity index (χ2v) is 5.88. The van der Waals surface area contributed by atoms with Crippen LogP contribution in [0.5, 0.6) is 11.5 Å². The highest BCUT2D eigenvalue weighted by molar-refractivity contribution is 8.26. The summed E-state index contributed by atoms with van der Waals surface area (Å²) in [6.07, 6.45) is 3.25. The number of thiocarbonyl (C=S) groups is 1. The average Bonchev–Trinajstić information content (AvgIpc) is 2.71. The van der Waals surface area contributed by atoms with Crippen molar-refractivity contribution in [1.29, 1.82) is 0 Å². The minimum Gasteiger partial charge on any atom is -0.504 e. The lowest BCUT2D eigenvalue weighted by Crippen LogP contribution is -2.27. The first-order valence-electron chi connectivity index (χ1n) is 6.39. The highest BCUT2D eigenvalue weighted by Crippen LogP contribution is 2.36. The number of aromatic hydroxyl groups is 1. The minimum atomic E-state index is -0.175. The Kier molecular flexibility index (Phi) is 5.03. The van der Waals surface area contributed by atoms with Crippen molar-refractivity contribution in [1.82, 2.24) is 4.90 Å². The van der Waals surface area contributed by atoms with E-state index in [9.17, 15) is 9.90 Å². The van der Waals surface area contributed by atoms with Crippen LogP contribution in [0.25, 0.3) is 6.08 Å². The molecular weight excluding hydrogens is 306 g/mol. The molecule has 0 unspecified atom stereocenters. The molecule has 2 rings (SSSR count). The minimum absolute atomic E-state index is 0.0216. The van der Waals surface area contributed by atoms with Crippen molar-refractivity contribution in [2.45, 2.75) is 6.92 Å². The number of carbonyl (C=O) groups is 1. The fourth-order valence-electron chi connectivity index (χ4n) is 1.86. The van der Waals surface area contributed by atoms with E-state index < -0.39 is 0 Å². The smallest absolute Gasteiger partial charge is 0.266 e. The number of thioether (sulfide) groups is 1. The lowest BCUT2D eigenvalue weighted by molar-refractivity contribution is -0.121. The molecule has 1 aliphatic rings. The molecule has 0 spiro atoms. The first-order valence-corrected chi connectivity index (χ1v) is 7.62. The van der Waals surface area contributed by atoms with Crippen LogP contribution in [0.2, 0.25) is 0 Å². The van der Waals surface area contributed by atoms with Gasteiger partial charge in [-0.05, 0) is 19.1 Å². The van der Waals surface area contributed by atoms with Gasteiger partial charge >= 0.3 is 0 Å². The molecule has 0 bridgehead atoms. The first-order chi connectivity index (χ1) is 10.1. The Balaban J connectivity index is 2.32. The lowest BCUT2D eigenvalue weighted by atomic mass is 10.1. The van der Waals surface area contributed by atoms with Crippen molar-refractivity contribution in [3.05, 3.63) is 41.3 Å². The maximum atomic E-state index is 12.2. The Morgan fingerprint density at radius 3 is 2.95 bits per heavy atom. The van der Waals surface area contributed by atoms with Gasteiger partial charge in [0.15, 0.2) is 11.5 Å². The number of hydrogen-bond acceptors (Lipinski definition) is 5. The van der Waals surface area contributed by atoms with Crippen LogP contribution in [0.15, 0.2) is 35.8 Å². The largest absolute Gasteiger partial charge is 0.504 e. The topological polar surface area (TPSA) is 49.8 Å². The summed E-state index contributed by atoms with van der Waals surface area (Å²) in [5.74, 6) is 0.243. The van der Waals surface area contributed by atoms with Crippen LogP contribution in [-0.2, 0) is 4.79 Å². The van der Waals surface area contributed by atoms with Gasteiger partial charge in [0.05, 0.1) is 11.5 Å². The molecule has 1 heterocycles. The van der Waals surface area contributed by atoms with Crippen LogP contribution in [0, 0.1) is 0 Å². The van der Waals surface area contributed by atoms with Gasteiger partial charge in [0, 0.05) is 12.1 Å². The van der Waals surface area contributed by atoms with Gasteiger partial charge in [-0.3, -0.25) is 9.69 Å². The summed E-state index contributed by atoms with van der Waals surface area (Å²) < 4.78 is 5.82. The summed E-state index contributed by atoms with van der Waals surface area (Å²) >= 11 is 6.38. The van der Waals surface area contributed by atoms with Crippen molar-refractivity contribution >= 4 is 40.3 Å². The van der Waals surface area contributed by atoms with Gasteiger partial charge < -0.3 is 9.84 Å². The Morgan fingerprint density at radius 1 is 1.52 bits per heavy atom. The van der Waals surface area contributed by atoms with Gasteiger partial charge in [-0.15, -0.1) is 6.58 Å². The first kappa shape index (κ1) is 15.6. The average molecular weight is 321 g/mol. The molecule has 1 saturated heterocycles.